The molecule has 1 aromatic carbocycles. The second kappa shape index (κ2) is 6.33. The molecule has 2 N–H and O–H groups in total. The molecule has 0 radical (unpaired) electrons. The van der Waals surface area contributed by atoms with Crippen molar-refractivity contribution in [3.8, 4) is 17.5 Å². The maximum Gasteiger partial charge on any atom is 0.337 e. The van der Waals surface area contributed by atoms with Gasteiger partial charge >= 0.3 is 11.9 Å². The van der Waals surface area contributed by atoms with E-state index in [1.807, 2.05) is 36.0 Å². The van der Waals surface area contributed by atoms with Crippen LogP contribution in [0, 0.1) is 11.3 Å². The molecule has 8 nitrogen and oxygen atoms in total. The molecule has 1 amide bonds. The van der Waals surface area contributed by atoms with Gasteiger partial charge in [-0.1, -0.05) is 0 Å². The predicted octanol–water partition coefficient (Wildman–Crippen LogP) is 2.50. The number of carbonyl (C=O) groups excluding carboxylic acids is 1. The molecule has 0 aliphatic heterocycles. The van der Waals surface area contributed by atoms with Crippen LogP contribution >= 0.6 is 0 Å². The number of anilines is 1. The van der Waals surface area contributed by atoms with E-state index in [4.69, 9.17) is 9.68 Å². The molecule has 2 heterocycles. The highest BCUT2D eigenvalue weighted by molar-refractivity contribution is 6.05. The summed E-state index contributed by atoms with van der Waals surface area (Å²) in [5.41, 5.74) is 0.783. The lowest BCUT2D eigenvalue weighted by molar-refractivity contribution is 0.0698. The van der Waals surface area contributed by atoms with Crippen molar-refractivity contribution in [2.75, 3.05) is 5.32 Å². The first kappa shape index (κ1) is 16.0. The van der Waals surface area contributed by atoms with Gasteiger partial charge in [0.1, 0.15) is 0 Å². The maximum absolute atomic E-state index is 12.3. The number of amides is 1. The fraction of sp³-hybridized carbons (Fsp3) is 0.0588. The molecular weight excluding hydrogens is 324 g/mol. The summed E-state index contributed by atoms with van der Waals surface area (Å²) >= 11 is 0. The number of carbonyl (C=O) groups is 2. The number of aromatic carboxylic acids is 1. The fourth-order valence-electron chi connectivity index (χ4n) is 2.29. The summed E-state index contributed by atoms with van der Waals surface area (Å²) in [6.45, 7) is 0. The lowest BCUT2D eigenvalue weighted by Gasteiger charge is -2.07. The van der Waals surface area contributed by atoms with Crippen molar-refractivity contribution in [2.24, 2.45) is 7.05 Å². The van der Waals surface area contributed by atoms with Gasteiger partial charge in [-0.3, -0.25) is 4.79 Å². The second-order valence-electron chi connectivity index (χ2n) is 5.17. The molecule has 3 aromatic rings. The van der Waals surface area contributed by atoms with E-state index in [0.29, 0.717) is 5.76 Å². The monoisotopic (exact) mass is 336 g/mol. The first-order chi connectivity index (χ1) is 12.0. The number of aromatic nitrogens is 2. The smallest absolute Gasteiger partial charge is 0.337 e. The van der Waals surface area contributed by atoms with Crippen LogP contribution in [0.3, 0.4) is 0 Å². The van der Waals surface area contributed by atoms with Gasteiger partial charge < -0.3 is 19.4 Å². The van der Waals surface area contributed by atoms with Gasteiger partial charge in [0.25, 0.3) is 5.89 Å². The highest BCUT2D eigenvalue weighted by Crippen LogP contribution is 2.22. The molecule has 0 bridgehead atoms. The van der Waals surface area contributed by atoms with E-state index >= 15 is 0 Å². The number of rotatable bonds is 4. The number of nitrogens with zero attached hydrogens (tertiary/aromatic N) is 3. The highest BCUT2D eigenvalue weighted by atomic mass is 16.4. The number of aryl methyl sites for hydroxylation is 1. The highest BCUT2D eigenvalue weighted by Gasteiger charge is 2.19. The van der Waals surface area contributed by atoms with E-state index in [1.165, 1.54) is 24.4 Å². The largest absolute Gasteiger partial charge is 0.478 e. The molecule has 25 heavy (non-hydrogen) atoms. The molecule has 2 aromatic heterocycles. The zero-order valence-corrected chi connectivity index (χ0v) is 13.1. The Kier molecular flexibility index (Phi) is 4.05. The lowest BCUT2D eigenvalue weighted by Crippen LogP contribution is -2.15. The number of oxazole rings is 1. The van der Waals surface area contributed by atoms with Gasteiger partial charge in [-0.05, 0) is 30.3 Å². The Morgan fingerprint density at radius 3 is 2.80 bits per heavy atom. The quantitative estimate of drug-likeness (QED) is 0.755. The SMILES string of the molecule is Cn1cccc1-c1cnc(C(=O)Nc2ccc(C#N)cc2C(=O)O)o1. The summed E-state index contributed by atoms with van der Waals surface area (Å²) in [4.78, 5) is 27.5. The minimum atomic E-state index is -1.26. The Hall–Kier alpha value is -3.86. The van der Waals surface area contributed by atoms with Gasteiger partial charge in [-0.25, -0.2) is 9.78 Å². The molecule has 3 rings (SSSR count). The first-order valence-corrected chi connectivity index (χ1v) is 7.16. The minimum Gasteiger partial charge on any atom is -0.478 e. The number of carboxylic acids is 1. The predicted molar refractivity (Wildman–Crippen MR) is 87.0 cm³/mol. The number of hydrogen-bond donors (Lipinski definition) is 2. The Bertz CT molecular complexity index is 1010. The Balaban J connectivity index is 1.86. The third kappa shape index (κ3) is 3.11. The van der Waals surface area contributed by atoms with Crippen molar-refractivity contribution in [1.82, 2.24) is 9.55 Å². The van der Waals surface area contributed by atoms with E-state index in [-0.39, 0.29) is 22.7 Å². The van der Waals surface area contributed by atoms with Crippen LogP contribution in [-0.4, -0.2) is 26.5 Å². The van der Waals surface area contributed by atoms with Gasteiger partial charge in [0, 0.05) is 13.2 Å². The van der Waals surface area contributed by atoms with Gasteiger partial charge in [0.05, 0.1) is 34.8 Å². The van der Waals surface area contributed by atoms with E-state index in [1.54, 1.807) is 0 Å². The Morgan fingerprint density at radius 2 is 2.16 bits per heavy atom. The molecule has 0 saturated heterocycles. The van der Waals surface area contributed by atoms with Gasteiger partial charge in [0.2, 0.25) is 0 Å². The maximum atomic E-state index is 12.3. The van der Waals surface area contributed by atoms with Crippen LogP contribution < -0.4 is 5.32 Å². The summed E-state index contributed by atoms with van der Waals surface area (Å²) in [6, 6.07) is 9.43. The van der Waals surface area contributed by atoms with Crippen LogP contribution in [0.25, 0.3) is 11.5 Å². The summed E-state index contributed by atoms with van der Waals surface area (Å²) < 4.78 is 7.26. The van der Waals surface area contributed by atoms with E-state index in [2.05, 4.69) is 10.3 Å². The van der Waals surface area contributed by atoms with Gasteiger partial charge in [-0.2, -0.15) is 5.26 Å². The van der Waals surface area contributed by atoms with Gasteiger partial charge in [-0.15, -0.1) is 0 Å². The van der Waals surface area contributed by atoms with E-state index in [9.17, 15) is 14.7 Å². The zero-order valence-electron chi connectivity index (χ0n) is 13.1. The van der Waals surface area contributed by atoms with Crippen molar-refractivity contribution < 1.29 is 19.1 Å². The number of nitrogens with one attached hydrogen (secondary N) is 1. The molecule has 0 saturated carbocycles. The number of hydrogen-bond acceptors (Lipinski definition) is 5. The topological polar surface area (TPSA) is 121 Å². The number of nitriles is 1. The molecule has 0 aliphatic carbocycles. The standard InChI is InChI=1S/C17H12N4O4/c1-21-6-2-3-13(21)14-9-19-16(25-14)15(22)20-12-5-4-10(8-18)7-11(12)17(23)24/h2-7,9H,1H3,(H,20,22)(H,23,24). The fourth-order valence-corrected chi connectivity index (χ4v) is 2.29. The van der Waals surface area contributed by atoms with Crippen molar-refractivity contribution in [2.45, 2.75) is 0 Å². The van der Waals surface area contributed by atoms with Crippen molar-refractivity contribution >= 4 is 17.6 Å². The zero-order chi connectivity index (χ0) is 18.0. The second-order valence-corrected chi connectivity index (χ2v) is 5.17. The molecule has 0 aliphatic rings. The van der Waals surface area contributed by atoms with Crippen LogP contribution in [0.4, 0.5) is 5.69 Å². The first-order valence-electron chi connectivity index (χ1n) is 7.16. The van der Waals surface area contributed by atoms with Crippen molar-refractivity contribution in [3.63, 3.8) is 0 Å². The van der Waals surface area contributed by atoms with Crippen LogP contribution in [-0.2, 0) is 7.05 Å². The van der Waals surface area contributed by atoms with E-state index < -0.39 is 11.9 Å². The van der Waals surface area contributed by atoms with Crippen molar-refractivity contribution in [1.29, 1.82) is 5.26 Å². The average molecular weight is 336 g/mol. The summed E-state index contributed by atoms with van der Waals surface area (Å²) in [5.74, 6) is -1.73. The van der Waals surface area contributed by atoms with Gasteiger partial charge in [0.15, 0.2) is 5.76 Å². The van der Waals surface area contributed by atoms with Crippen LogP contribution in [0.1, 0.15) is 26.6 Å². The van der Waals surface area contributed by atoms with Crippen molar-refractivity contribution in [3.05, 3.63) is 59.7 Å². The minimum absolute atomic E-state index is 0.0510. The number of benzene rings is 1. The normalized spacial score (nSPS) is 10.2. The Morgan fingerprint density at radius 1 is 1.36 bits per heavy atom. The van der Waals surface area contributed by atoms with Crippen LogP contribution in [0.2, 0.25) is 0 Å². The molecule has 0 unspecified atom stereocenters. The summed E-state index contributed by atoms with van der Waals surface area (Å²) in [7, 11) is 1.83. The third-order valence-corrected chi connectivity index (χ3v) is 3.52. The molecule has 0 spiro atoms. The number of carboxylic acid groups (broad SMARTS) is 1. The van der Waals surface area contributed by atoms with Crippen LogP contribution in [0.5, 0.6) is 0 Å². The molecular formula is C17H12N4O4. The van der Waals surface area contributed by atoms with Crippen LogP contribution in [0.15, 0.2) is 47.1 Å². The molecule has 8 heteroatoms. The third-order valence-electron chi connectivity index (χ3n) is 3.52. The lowest BCUT2D eigenvalue weighted by atomic mass is 10.1. The molecule has 0 fully saturated rings. The average Bonchev–Trinajstić information content (AvgIpc) is 3.23. The van der Waals surface area contributed by atoms with E-state index in [0.717, 1.165) is 5.69 Å². The molecule has 124 valence electrons. The molecule has 0 atom stereocenters. The summed E-state index contributed by atoms with van der Waals surface area (Å²) in [6.07, 6.45) is 3.24. The summed E-state index contributed by atoms with van der Waals surface area (Å²) in [5, 5.41) is 20.5. The Labute approximate surface area is 141 Å².